The number of amides is 3. The molecule has 4 aliphatic heterocycles. The molecule has 0 saturated carbocycles. The Kier molecular flexibility index (Phi) is 10.1. The molecule has 9 atom stereocenters. The molecule has 0 spiro atoms. The average molecular weight is 699 g/mol. The van der Waals surface area contributed by atoms with Gasteiger partial charge in [-0.3, -0.25) is 9.59 Å². The molecule has 3 amide bonds. The third-order valence-electron chi connectivity index (χ3n) is 7.51. The van der Waals surface area contributed by atoms with Gasteiger partial charge in [-0.15, -0.1) is 0 Å². The van der Waals surface area contributed by atoms with Crippen molar-refractivity contribution in [2.45, 2.75) is 86.6 Å². The zero-order valence-corrected chi connectivity index (χ0v) is 24.7. The van der Waals surface area contributed by atoms with Crippen LogP contribution in [0.15, 0.2) is 24.3 Å². The first-order chi connectivity index (χ1) is 19.3. The molecule has 0 aliphatic carbocycles. The highest BCUT2D eigenvalue weighted by Gasteiger charge is 2.49. The van der Waals surface area contributed by atoms with Crippen molar-refractivity contribution >= 4 is 52.3 Å². The van der Waals surface area contributed by atoms with Gasteiger partial charge in [0.2, 0.25) is 5.91 Å². The van der Waals surface area contributed by atoms with Crippen molar-refractivity contribution < 1.29 is 43.5 Å². The minimum Gasteiger partial charge on any atom is -0.461 e. The van der Waals surface area contributed by atoms with Crippen LogP contribution in [0.1, 0.15) is 43.1 Å². The first-order valence-electron chi connectivity index (χ1n) is 13.4. The van der Waals surface area contributed by atoms with Crippen LogP contribution >= 0.6 is 34.4 Å². The predicted octanol–water partition coefficient (Wildman–Crippen LogP) is 0.868. The molecule has 12 nitrogen and oxygen atoms in total. The Labute approximate surface area is 249 Å². The van der Waals surface area contributed by atoms with Gasteiger partial charge in [-0.2, -0.15) is 11.8 Å². The zero-order chi connectivity index (χ0) is 28.2. The summed E-state index contributed by atoms with van der Waals surface area (Å²) in [7, 11) is 0. The Hall–Kier alpha value is -1.69. The molecule has 5 N–H and O–H groups in total. The SMILES string of the molecule is O=C1N[C@H]2[C@H](CS[C@H]2CCCCC(=O)OCc2ccc(C3O[13CH2][13C@H]4O[13C@@H](N[13C](=O)[13CH2]I)[13C@H](O)[13C@@H](O)[13CH]4O3)cc2)N1. The Morgan fingerprint density at radius 3 is 2.70 bits per heavy atom. The highest BCUT2D eigenvalue weighted by Crippen LogP contribution is 2.34. The summed E-state index contributed by atoms with van der Waals surface area (Å²) in [5.74, 6) is 0.362. The maximum Gasteiger partial charge on any atom is 0.315 e. The molecular formula is C26H34IN3O9S. The molecule has 4 fully saturated rings. The number of unbranched alkanes of at least 4 members (excludes halogenated alkanes) is 1. The molecule has 14 heteroatoms. The smallest absolute Gasteiger partial charge is 0.315 e. The van der Waals surface area contributed by atoms with Crippen molar-refractivity contribution in [3.05, 3.63) is 35.4 Å². The molecule has 1 aromatic rings. The van der Waals surface area contributed by atoms with E-state index >= 15 is 0 Å². The fourth-order valence-electron chi connectivity index (χ4n) is 5.36. The largest absolute Gasteiger partial charge is 0.461 e. The van der Waals surface area contributed by atoms with Gasteiger partial charge >= 0.3 is 12.0 Å². The number of alkyl halides is 1. The number of aliphatic hydroxyl groups excluding tert-OH is 2. The topological polar surface area (TPSA) is 165 Å². The van der Waals surface area contributed by atoms with Gasteiger partial charge in [0.25, 0.3) is 0 Å². The first kappa shape index (κ1) is 29.8. The Bertz CT molecular complexity index is 1060. The number of hydrogen-bond donors (Lipinski definition) is 5. The van der Waals surface area contributed by atoms with Crippen molar-refractivity contribution in [3.63, 3.8) is 0 Å². The number of urea groups is 1. The van der Waals surface area contributed by atoms with Gasteiger partial charge in [-0.05, 0) is 18.4 Å². The lowest BCUT2D eigenvalue weighted by atomic mass is 10.0. The van der Waals surface area contributed by atoms with Crippen LogP contribution in [-0.2, 0) is 35.1 Å². The van der Waals surface area contributed by atoms with E-state index in [1.165, 1.54) is 0 Å². The fraction of sp³-hybridized carbons (Fsp3) is 0.654. The molecule has 220 valence electrons. The van der Waals surface area contributed by atoms with Gasteiger partial charge < -0.3 is 45.1 Å². The van der Waals surface area contributed by atoms with Gasteiger partial charge in [-0.1, -0.05) is 53.3 Å². The van der Waals surface area contributed by atoms with Crippen molar-refractivity contribution in [2.75, 3.05) is 16.8 Å². The van der Waals surface area contributed by atoms with E-state index in [1.54, 1.807) is 12.1 Å². The summed E-state index contributed by atoms with van der Waals surface area (Å²) in [6, 6.07) is 7.53. The molecule has 40 heavy (non-hydrogen) atoms. The maximum absolute atomic E-state index is 12.2. The van der Waals surface area contributed by atoms with Crippen LogP contribution in [-0.4, -0.2) is 92.9 Å². The Morgan fingerprint density at radius 1 is 1.12 bits per heavy atom. The summed E-state index contributed by atoms with van der Waals surface area (Å²) >= 11 is 3.77. The molecule has 4 saturated heterocycles. The van der Waals surface area contributed by atoms with E-state index in [1.807, 2.05) is 46.5 Å². The number of hydrogen-bond acceptors (Lipinski definition) is 10. The van der Waals surface area contributed by atoms with E-state index < -0.39 is 36.9 Å². The van der Waals surface area contributed by atoms with Crippen LogP contribution in [0.2, 0.25) is 0 Å². The first-order valence-corrected chi connectivity index (χ1v) is 16.0. The van der Waals surface area contributed by atoms with Crippen molar-refractivity contribution in [3.8, 4) is 0 Å². The molecule has 4 heterocycles. The molecule has 1 aromatic carbocycles. The monoisotopic (exact) mass is 699 g/mol. The molecule has 4 aliphatic rings. The molecule has 0 radical (unpaired) electrons. The van der Waals surface area contributed by atoms with E-state index in [2.05, 4.69) is 16.0 Å². The second-order valence-electron chi connectivity index (χ2n) is 10.3. The number of aliphatic hydroxyl groups is 2. The van der Waals surface area contributed by atoms with E-state index in [9.17, 15) is 24.6 Å². The summed E-state index contributed by atoms with van der Waals surface area (Å²) < 4.78 is 23.1. The van der Waals surface area contributed by atoms with Gasteiger partial charge in [-0.25, -0.2) is 4.79 Å². The van der Waals surface area contributed by atoms with Crippen LogP contribution in [0.25, 0.3) is 0 Å². The number of carbonyl (C=O) groups is 3. The number of esters is 1. The van der Waals surface area contributed by atoms with Gasteiger partial charge in [0, 0.05) is 23.0 Å². The minimum atomic E-state index is -1.34. The van der Waals surface area contributed by atoms with Crippen molar-refractivity contribution in [1.82, 2.24) is 16.0 Å². The summed E-state index contributed by atoms with van der Waals surface area (Å²) in [5, 5.41) is 29.9. The van der Waals surface area contributed by atoms with E-state index in [4.69, 9.17) is 18.9 Å². The number of carbonyl (C=O) groups excluding carboxylic acids is 3. The zero-order valence-electron chi connectivity index (χ0n) is 21.7. The summed E-state index contributed by atoms with van der Waals surface area (Å²) in [4.78, 5) is 35.4. The lowest BCUT2D eigenvalue weighted by Crippen LogP contribution is -2.65. The van der Waals surface area contributed by atoms with Crippen molar-refractivity contribution in [2.24, 2.45) is 0 Å². The third-order valence-corrected chi connectivity index (χ3v) is 9.71. The minimum absolute atomic E-state index is 0.0881. The fourth-order valence-corrected chi connectivity index (χ4v) is 7.13. The number of halogens is 1. The third kappa shape index (κ3) is 7.02. The number of ether oxygens (including phenoxy) is 4. The number of fused-ring (bicyclic) bond motifs is 2. The van der Waals surface area contributed by atoms with Gasteiger partial charge in [0.1, 0.15) is 31.0 Å². The Balaban J connectivity index is 1.02. The number of nitrogens with one attached hydrogen (secondary N) is 3. The summed E-state index contributed by atoms with van der Waals surface area (Å²) in [6.45, 7) is 0.264. The van der Waals surface area contributed by atoms with Crippen LogP contribution in [0.4, 0.5) is 4.79 Å². The summed E-state index contributed by atoms with van der Waals surface area (Å²) in [5.41, 5.74) is 1.52. The van der Waals surface area contributed by atoms with Crippen LogP contribution < -0.4 is 16.0 Å². The van der Waals surface area contributed by atoms with E-state index in [0.29, 0.717) is 17.2 Å². The van der Waals surface area contributed by atoms with Gasteiger partial charge in [0.05, 0.1) is 23.1 Å². The highest BCUT2D eigenvalue weighted by molar-refractivity contribution is 14.1. The van der Waals surface area contributed by atoms with E-state index in [0.717, 1.165) is 30.6 Å². The molecular weight excluding hydrogens is 665 g/mol. The van der Waals surface area contributed by atoms with Crippen LogP contribution in [0, 0.1) is 0 Å². The lowest BCUT2D eigenvalue weighted by Gasteiger charge is -2.46. The number of benzene rings is 1. The van der Waals surface area contributed by atoms with E-state index in [-0.39, 0.29) is 47.6 Å². The quantitative estimate of drug-likeness (QED) is 0.0592. The number of rotatable bonds is 10. The maximum atomic E-state index is 12.2. The standard InChI is InChI=1S/C26H34IN3O9S/c27-9-18(31)29-24-22(34)21(33)23-16(38-24)11-37-25(39-23)14-7-5-13(6-8-14)10-36-19(32)4-2-1-3-17-20-15(12-40-17)28-26(35)30-20/h5-8,15-17,20-25,33-34H,1-4,9-12H2,(H,29,31)(H2,28,30,35)/t15-,16+,17-,20-,21+,22+,23?,24+,25?/m0/s1/i9+1,11+1,16+1,18+1,21+1,22+1,23+1,24+1. The second kappa shape index (κ2) is 13.5. The van der Waals surface area contributed by atoms with Crippen molar-refractivity contribution in [1.29, 1.82) is 0 Å². The van der Waals surface area contributed by atoms with Crippen LogP contribution in [0.3, 0.4) is 0 Å². The number of thioether (sulfide) groups is 1. The lowest BCUT2D eigenvalue weighted by molar-refractivity contribution is -0.330. The summed E-state index contributed by atoms with van der Waals surface area (Å²) in [6.07, 6.45) is -2.97. The second-order valence-corrected chi connectivity index (χ2v) is 12.3. The molecule has 0 bridgehead atoms. The average Bonchev–Trinajstić information content (AvgIpc) is 3.52. The Morgan fingerprint density at radius 2 is 1.93 bits per heavy atom. The highest BCUT2D eigenvalue weighted by atomic mass is 127. The predicted molar refractivity (Wildman–Crippen MR) is 151 cm³/mol. The van der Waals surface area contributed by atoms with Gasteiger partial charge in [0.15, 0.2) is 12.5 Å². The molecule has 2 unspecified atom stereocenters. The van der Waals surface area contributed by atoms with Crippen LogP contribution in [0.5, 0.6) is 0 Å². The molecule has 5 rings (SSSR count). The normalized spacial score (nSPS) is 34.8. The molecule has 0 aromatic heterocycles.